The van der Waals surface area contributed by atoms with E-state index in [0.29, 0.717) is 0 Å². The highest BCUT2D eigenvalue weighted by molar-refractivity contribution is 9.10. The van der Waals surface area contributed by atoms with Gasteiger partial charge >= 0.3 is 0 Å². The number of nitrogens with zero attached hydrogens (tertiary/aromatic N) is 1. The van der Waals surface area contributed by atoms with E-state index >= 15 is 0 Å². The molecule has 7 aromatic rings. The van der Waals surface area contributed by atoms with Crippen LogP contribution in [0.3, 0.4) is 0 Å². The molecule has 0 aliphatic rings. The van der Waals surface area contributed by atoms with Crippen molar-refractivity contribution in [3.63, 3.8) is 0 Å². The van der Waals surface area contributed by atoms with E-state index in [2.05, 4.69) is 105 Å². The average molecular weight is 462 g/mol. The normalized spacial score (nSPS) is 12.0. The molecule has 2 heterocycles. The molecule has 0 bridgehead atoms. The highest BCUT2D eigenvalue weighted by atomic mass is 79.9. The van der Waals surface area contributed by atoms with Crippen molar-refractivity contribution in [1.29, 1.82) is 0 Å². The van der Waals surface area contributed by atoms with Gasteiger partial charge in [-0.15, -0.1) is 0 Å². The summed E-state index contributed by atoms with van der Waals surface area (Å²) in [6, 6.07) is 34.3. The van der Waals surface area contributed by atoms with Crippen molar-refractivity contribution in [2.75, 3.05) is 0 Å². The number of benzene rings is 5. The molecule has 0 aliphatic carbocycles. The van der Waals surface area contributed by atoms with Gasteiger partial charge in [0.25, 0.3) is 0 Å². The maximum absolute atomic E-state index is 6.18. The van der Waals surface area contributed by atoms with Crippen molar-refractivity contribution in [2.45, 2.75) is 0 Å². The van der Waals surface area contributed by atoms with E-state index in [-0.39, 0.29) is 0 Å². The van der Waals surface area contributed by atoms with Crippen LogP contribution in [0, 0.1) is 0 Å². The second-order valence-electron chi connectivity index (χ2n) is 7.96. The Balaban J connectivity index is 1.63. The van der Waals surface area contributed by atoms with Gasteiger partial charge in [-0.25, -0.2) is 0 Å². The number of fused-ring (bicyclic) bond motifs is 8. The van der Waals surface area contributed by atoms with Crippen LogP contribution in [0.25, 0.3) is 60.2 Å². The van der Waals surface area contributed by atoms with Crippen molar-refractivity contribution in [3.8, 4) is 5.69 Å². The molecule has 5 aromatic carbocycles. The summed E-state index contributed by atoms with van der Waals surface area (Å²) in [6.07, 6.45) is 0. The number of hydrogen-bond acceptors (Lipinski definition) is 1. The molecule has 0 atom stereocenters. The van der Waals surface area contributed by atoms with Crippen LogP contribution in [-0.2, 0) is 0 Å². The second-order valence-corrected chi connectivity index (χ2v) is 8.87. The largest absolute Gasteiger partial charge is 0.456 e. The van der Waals surface area contributed by atoms with Crippen molar-refractivity contribution in [3.05, 3.63) is 102 Å². The third-order valence-electron chi connectivity index (χ3n) is 6.24. The van der Waals surface area contributed by atoms with Gasteiger partial charge in [0.1, 0.15) is 11.2 Å². The molecule has 31 heavy (non-hydrogen) atoms. The molecule has 0 radical (unpaired) electrons. The molecule has 146 valence electrons. The predicted octanol–water partition coefficient (Wildman–Crippen LogP) is 8.60. The van der Waals surface area contributed by atoms with E-state index in [4.69, 9.17) is 4.42 Å². The molecule has 7 rings (SSSR count). The van der Waals surface area contributed by atoms with Crippen LogP contribution in [0.2, 0.25) is 0 Å². The van der Waals surface area contributed by atoms with E-state index in [1.165, 1.54) is 32.6 Å². The van der Waals surface area contributed by atoms with Crippen molar-refractivity contribution in [2.24, 2.45) is 0 Å². The second kappa shape index (κ2) is 6.22. The summed E-state index contributed by atoms with van der Waals surface area (Å²) in [6.45, 7) is 0. The number of hydrogen-bond donors (Lipinski definition) is 0. The molecule has 0 spiro atoms. The Labute approximate surface area is 186 Å². The fraction of sp³-hybridized carbons (Fsp3) is 0. The first-order valence-corrected chi connectivity index (χ1v) is 11.1. The third-order valence-corrected chi connectivity index (χ3v) is 6.73. The fourth-order valence-electron chi connectivity index (χ4n) is 4.89. The summed E-state index contributed by atoms with van der Waals surface area (Å²) < 4.78 is 9.61. The zero-order valence-corrected chi connectivity index (χ0v) is 18.1. The van der Waals surface area contributed by atoms with E-state index in [9.17, 15) is 0 Å². The van der Waals surface area contributed by atoms with Crippen LogP contribution in [0.1, 0.15) is 0 Å². The summed E-state index contributed by atoms with van der Waals surface area (Å²) in [7, 11) is 0. The van der Waals surface area contributed by atoms with Crippen LogP contribution in [0.4, 0.5) is 0 Å². The summed E-state index contributed by atoms with van der Waals surface area (Å²) >= 11 is 3.68. The van der Waals surface area contributed by atoms with Crippen LogP contribution in [-0.4, -0.2) is 4.57 Å². The van der Waals surface area contributed by atoms with Crippen molar-refractivity contribution >= 4 is 70.4 Å². The predicted molar refractivity (Wildman–Crippen MR) is 133 cm³/mol. The van der Waals surface area contributed by atoms with Crippen LogP contribution >= 0.6 is 15.9 Å². The molecule has 2 nitrogen and oxygen atoms in total. The Hall–Kier alpha value is -3.56. The summed E-state index contributed by atoms with van der Waals surface area (Å²) in [5.41, 5.74) is 5.31. The zero-order chi connectivity index (χ0) is 20.5. The molecule has 0 amide bonds. The minimum Gasteiger partial charge on any atom is -0.456 e. The maximum Gasteiger partial charge on any atom is 0.137 e. The van der Waals surface area contributed by atoms with Crippen LogP contribution in [0.5, 0.6) is 0 Å². The van der Waals surface area contributed by atoms with Gasteiger partial charge in [-0.2, -0.15) is 0 Å². The van der Waals surface area contributed by atoms with E-state index in [0.717, 1.165) is 32.1 Å². The lowest BCUT2D eigenvalue weighted by molar-refractivity contribution is 0.668. The molecule has 0 N–H and O–H groups in total. The van der Waals surface area contributed by atoms with Gasteiger partial charge in [-0.3, -0.25) is 0 Å². The van der Waals surface area contributed by atoms with Gasteiger partial charge in [-0.05, 0) is 53.2 Å². The number of rotatable bonds is 1. The maximum atomic E-state index is 6.18. The first-order chi connectivity index (χ1) is 15.3. The van der Waals surface area contributed by atoms with Gasteiger partial charge in [0.15, 0.2) is 0 Å². The van der Waals surface area contributed by atoms with Crippen LogP contribution < -0.4 is 0 Å². The monoisotopic (exact) mass is 461 g/mol. The lowest BCUT2D eigenvalue weighted by atomic mass is 10.0. The first kappa shape index (κ1) is 17.2. The summed E-state index contributed by atoms with van der Waals surface area (Å²) in [5, 5.41) is 7.34. The van der Waals surface area contributed by atoms with E-state index in [1.54, 1.807) is 0 Å². The number of halogens is 1. The number of furan rings is 1. The fourth-order valence-corrected chi connectivity index (χ4v) is 5.26. The molecular weight excluding hydrogens is 446 g/mol. The standard InChI is InChI=1S/C28H16BrNO/c29-18-10-14-24-23(15-18)28-20-6-2-1-5-17(20)9-13-25(28)30(24)19-11-12-22-21-7-3-4-8-26(21)31-27(22)16-19/h1-16H. The van der Waals surface area contributed by atoms with Gasteiger partial charge in [0.2, 0.25) is 0 Å². The lowest BCUT2D eigenvalue weighted by Crippen LogP contribution is -1.93. The van der Waals surface area contributed by atoms with Gasteiger partial charge < -0.3 is 8.98 Å². The van der Waals surface area contributed by atoms with E-state index < -0.39 is 0 Å². The Kier molecular flexibility index (Phi) is 3.44. The average Bonchev–Trinajstić information content (AvgIpc) is 3.33. The molecular formula is C28H16BrNO. The molecule has 2 aromatic heterocycles. The smallest absolute Gasteiger partial charge is 0.137 e. The third kappa shape index (κ3) is 2.38. The minimum atomic E-state index is 0.909. The Morgan fingerprint density at radius 3 is 2.29 bits per heavy atom. The van der Waals surface area contributed by atoms with Crippen molar-refractivity contribution in [1.82, 2.24) is 4.57 Å². The quantitative estimate of drug-likeness (QED) is 0.239. The van der Waals surface area contributed by atoms with Gasteiger partial charge in [-0.1, -0.05) is 64.5 Å². The first-order valence-electron chi connectivity index (χ1n) is 10.3. The molecule has 0 saturated carbocycles. The van der Waals surface area contributed by atoms with Gasteiger partial charge in [0.05, 0.1) is 11.0 Å². The molecule has 0 unspecified atom stereocenters. The lowest BCUT2D eigenvalue weighted by Gasteiger charge is -2.08. The Morgan fingerprint density at radius 2 is 1.35 bits per heavy atom. The minimum absolute atomic E-state index is 0.909. The SMILES string of the molecule is Brc1ccc2c(c1)c1c3ccccc3ccc1n2-c1ccc2c(c1)oc1ccccc12. The topological polar surface area (TPSA) is 18.1 Å². The Bertz CT molecular complexity index is 1810. The molecule has 0 fully saturated rings. The summed E-state index contributed by atoms with van der Waals surface area (Å²) in [5.74, 6) is 0. The highest BCUT2D eigenvalue weighted by Gasteiger charge is 2.16. The molecule has 0 aliphatic heterocycles. The van der Waals surface area contributed by atoms with E-state index in [1.807, 2.05) is 12.1 Å². The van der Waals surface area contributed by atoms with Gasteiger partial charge in [0, 0.05) is 37.8 Å². The van der Waals surface area contributed by atoms with Crippen LogP contribution in [0.15, 0.2) is 106 Å². The molecule has 0 saturated heterocycles. The highest BCUT2D eigenvalue weighted by Crippen LogP contribution is 2.39. The molecule has 3 heteroatoms. The number of aromatic nitrogens is 1. The summed E-state index contributed by atoms with van der Waals surface area (Å²) in [4.78, 5) is 0. The number of para-hydroxylation sites is 1. The van der Waals surface area contributed by atoms with Crippen molar-refractivity contribution < 1.29 is 4.42 Å². The zero-order valence-electron chi connectivity index (χ0n) is 16.5. The Morgan fingerprint density at radius 1 is 0.581 bits per heavy atom.